The van der Waals surface area contributed by atoms with Gasteiger partial charge >= 0.3 is 0 Å². The van der Waals surface area contributed by atoms with E-state index in [1.165, 1.54) is 0 Å². The van der Waals surface area contributed by atoms with Crippen LogP contribution in [0.25, 0.3) is 11.0 Å². The summed E-state index contributed by atoms with van der Waals surface area (Å²) in [7, 11) is 4.09. The summed E-state index contributed by atoms with van der Waals surface area (Å²) in [5.74, 6) is 0.785. The number of aryl methyl sites for hydroxylation is 1. The lowest BCUT2D eigenvalue weighted by Crippen LogP contribution is -2.48. The van der Waals surface area contributed by atoms with Gasteiger partial charge in [-0.05, 0) is 25.2 Å². The van der Waals surface area contributed by atoms with E-state index in [0.29, 0.717) is 32.7 Å². The normalized spacial score (nSPS) is 15.1. The Bertz CT molecular complexity index is 1030. The van der Waals surface area contributed by atoms with Crippen LogP contribution in [-0.4, -0.2) is 66.4 Å². The first-order valence-corrected chi connectivity index (χ1v) is 9.76. The number of aliphatic hydroxyl groups excluding tert-OH is 1. The second kappa shape index (κ2) is 7.94. The van der Waals surface area contributed by atoms with E-state index in [9.17, 15) is 4.79 Å². The average Bonchev–Trinajstić information content (AvgIpc) is 3.26. The van der Waals surface area contributed by atoms with Gasteiger partial charge in [0, 0.05) is 20.1 Å². The minimum atomic E-state index is -0.858. The molecule has 1 atom stereocenters. The molecule has 0 unspecified atom stereocenters. The van der Waals surface area contributed by atoms with Crippen LogP contribution in [0.4, 0.5) is 0 Å². The summed E-state index contributed by atoms with van der Waals surface area (Å²) >= 11 is 0. The van der Waals surface area contributed by atoms with Gasteiger partial charge in [0.15, 0.2) is 0 Å². The lowest BCUT2D eigenvalue weighted by atomic mass is 10.2. The van der Waals surface area contributed by atoms with Gasteiger partial charge in [0.05, 0.1) is 48.7 Å². The molecule has 1 aliphatic heterocycles. The molecule has 154 valence electrons. The van der Waals surface area contributed by atoms with Crippen LogP contribution in [0.1, 0.15) is 17.2 Å². The Hall–Kier alpha value is -2.75. The van der Waals surface area contributed by atoms with Gasteiger partial charge in [0.25, 0.3) is 0 Å². The molecule has 0 spiro atoms. The summed E-state index contributed by atoms with van der Waals surface area (Å²) in [5.41, 5.74) is 9.75. The maximum Gasteiger partial charge on any atom is 0.242 e. The molecule has 0 saturated carbocycles. The van der Waals surface area contributed by atoms with Crippen molar-refractivity contribution in [1.82, 2.24) is 29.1 Å². The number of amides is 1. The van der Waals surface area contributed by atoms with Crippen molar-refractivity contribution < 1.29 is 9.90 Å². The quantitative estimate of drug-likeness (QED) is 0.610. The minimum Gasteiger partial charge on any atom is -0.394 e. The predicted octanol–water partition coefficient (Wildman–Crippen LogP) is 0.0636. The first-order chi connectivity index (χ1) is 14.0. The Morgan fingerprint density at radius 3 is 2.86 bits per heavy atom. The highest BCUT2D eigenvalue weighted by Gasteiger charge is 2.26. The van der Waals surface area contributed by atoms with Crippen LogP contribution in [-0.2, 0) is 38.0 Å². The van der Waals surface area contributed by atoms with E-state index in [-0.39, 0.29) is 12.5 Å². The number of carbonyl (C=O) groups is 1. The Morgan fingerprint density at radius 1 is 1.31 bits per heavy atom. The number of fused-ring (bicyclic) bond motifs is 2. The second-order valence-corrected chi connectivity index (χ2v) is 7.65. The van der Waals surface area contributed by atoms with Crippen LogP contribution < -0.4 is 5.73 Å². The first kappa shape index (κ1) is 19.6. The Labute approximate surface area is 169 Å². The van der Waals surface area contributed by atoms with Crippen molar-refractivity contribution in [2.75, 3.05) is 20.2 Å². The number of benzene rings is 1. The number of nitrogens with zero attached hydrogens (tertiary/aromatic N) is 6. The first-order valence-electron chi connectivity index (χ1n) is 9.76. The molecule has 3 aromatic rings. The van der Waals surface area contributed by atoms with Crippen molar-refractivity contribution in [2.45, 2.75) is 32.2 Å². The standard InChI is InChI=1S/C20H27N7O2/c1-24(12-19-22-17-5-3-4-6-18(17)25(19)2)10-14-9-15-11-26(7-8-27(15)23-14)20(29)16(21)13-28/h3-6,9,16,28H,7-8,10-13,21H2,1-2H3/t16-/m1/s1. The third-order valence-corrected chi connectivity index (χ3v) is 5.40. The van der Waals surface area contributed by atoms with Crippen LogP contribution in [0.3, 0.4) is 0 Å². The molecule has 0 bridgehead atoms. The van der Waals surface area contributed by atoms with Gasteiger partial charge in [-0.2, -0.15) is 5.10 Å². The van der Waals surface area contributed by atoms with E-state index < -0.39 is 6.04 Å². The molecule has 4 rings (SSSR count). The molecule has 9 nitrogen and oxygen atoms in total. The summed E-state index contributed by atoms with van der Waals surface area (Å²) < 4.78 is 4.07. The van der Waals surface area contributed by atoms with Crippen molar-refractivity contribution in [2.24, 2.45) is 12.8 Å². The van der Waals surface area contributed by atoms with Gasteiger partial charge < -0.3 is 20.3 Å². The molecule has 1 amide bonds. The highest BCUT2D eigenvalue weighted by atomic mass is 16.3. The summed E-state index contributed by atoms with van der Waals surface area (Å²) in [6.45, 7) is 2.71. The Morgan fingerprint density at radius 2 is 2.10 bits per heavy atom. The number of para-hydroxylation sites is 2. The number of nitrogens with two attached hydrogens (primary N) is 1. The number of hydrogen-bond acceptors (Lipinski definition) is 6. The zero-order chi connectivity index (χ0) is 20.5. The lowest BCUT2D eigenvalue weighted by molar-refractivity contribution is -0.135. The fourth-order valence-corrected chi connectivity index (χ4v) is 3.81. The third-order valence-electron chi connectivity index (χ3n) is 5.40. The van der Waals surface area contributed by atoms with Gasteiger partial charge in [0.2, 0.25) is 5.91 Å². The van der Waals surface area contributed by atoms with Crippen LogP contribution >= 0.6 is 0 Å². The van der Waals surface area contributed by atoms with Crippen molar-refractivity contribution >= 4 is 16.9 Å². The number of carbonyl (C=O) groups excluding carboxylic acids is 1. The minimum absolute atomic E-state index is 0.222. The molecule has 3 N–H and O–H groups in total. The predicted molar refractivity (Wildman–Crippen MR) is 109 cm³/mol. The Balaban J connectivity index is 1.42. The van der Waals surface area contributed by atoms with Gasteiger partial charge in [-0.15, -0.1) is 0 Å². The van der Waals surface area contributed by atoms with Gasteiger partial charge in [-0.3, -0.25) is 14.4 Å². The maximum atomic E-state index is 12.2. The molecule has 0 radical (unpaired) electrons. The van der Waals surface area contributed by atoms with E-state index in [1.807, 2.05) is 43.0 Å². The molecule has 1 aliphatic rings. The summed E-state index contributed by atoms with van der Waals surface area (Å²) in [5, 5.41) is 13.8. The molecule has 0 saturated heterocycles. The SMILES string of the molecule is CN(Cc1cc2n(n1)CCN(C(=O)[C@H](N)CO)C2)Cc1nc2ccccc2n1C. The number of aliphatic hydroxyl groups is 1. The smallest absolute Gasteiger partial charge is 0.242 e. The summed E-state index contributed by atoms with van der Waals surface area (Å²) in [6.07, 6.45) is 0. The fraction of sp³-hybridized carbons (Fsp3) is 0.450. The fourth-order valence-electron chi connectivity index (χ4n) is 3.81. The van der Waals surface area contributed by atoms with E-state index in [2.05, 4.69) is 20.6 Å². The second-order valence-electron chi connectivity index (χ2n) is 7.65. The Kier molecular flexibility index (Phi) is 5.35. The molecule has 9 heteroatoms. The van der Waals surface area contributed by atoms with E-state index in [4.69, 9.17) is 15.8 Å². The van der Waals surface area contributed by atoms with Crippen LogP contribution in [0.15, 0.2) is 30.3 Å². The molecule has 29 heavy (non-hydrogen) atoms. The van der Waals surface area contributed by atoms with Crippen molar-refractivity contribution in [3.63, 3.8) is 0 Å². The molecule has 0 aliphatic carbocycles. The van der Waals surface area contributed by atoms with Gasteiger partial charge in [0.1, 0.15) is 11.9 Å². The number of aromatic nitrogens is 4. The number of hydrogen-bond donors (Lipinski definition) is 2. The third kappa shape index (κ3) is 3.89. The largest absolute Gasteiger partial charge is 0.394 e. The number of rotatable bonds is 6. The van der Waals surface area contributed by atoms with Crippen LogP contribution in [0.5, 0.6) is 0 Å². The van der Waals surface area contributed by atoms with Crippen molar-refractivity contribution in [3.05, 3.63) is 47.5 Å². The zero-order valence-corrected chi connectivity index (χ0v) is 16.8. The monoisotopic (exact) mass is 397 g/mol. The van der Waals surface area contributed by atoms with Crippen LogP contribution in [0, 0.1) is 0 Å². The molecular weight excluding hydrogens is 370 g/mol. The summed E-state index contributed by atoms with van der Waals surface area (Å²) in [6, 6.07) is 9.30. The highest BCUT2D eigenvalue weighted by molar-refractivity contribution is 5.81. The summed E-state index contributed by atoms with van der Waals surface area (Å²) in [4.78, 5) is 20.8. The molecule has 0 fully saturated rings. The average molecular weight is 397 g/mol. The lowest BCUT2D eigenvalue weighted by Gasteiger charge is -2.29. The van der Waals surface area contributed by atoms with E-state index in [0.717, 1.165) is 28.2 Å². The zero-order valence-electron chi connectivity index (χ0n) is 16.8. The van der Waals surface area contributed by atoms with Crippen molar-refractivity contribution in [3.8, 4) is 0 Å². The van der Waals surface area contributed by atoms with E-state index in [1.54, 1.807) is 4.90 Å². The van der Waals surface area contributed by atoms with Crippen LogP contribution in [0.2, 0.25) is 0 Å². The topological polar surface area (TPSA) is 105 Å². The van der Waals surface area contributed by atoms with Gasteiger partial charge in [-0.25, -0.2) is 4.98 Å². The molecule has 3 heterocycles. The molecule has 1 aromatic carbocycles. The van der Waals surface area contributed by atoms with E-state index >= 15 is 0 Å². The van der Waals surface area contributed by atoms with Crippen molar-refractivity contribution in [1.29, 1.82) is 0 Å². The molecular formula is C20H27N7O2. The van der Waals surface area contributed by atoms with Gasteiger partial charge in [-0.1, -0.05) is 12.1 Å². The number of imidazole rings is 1. The maximum absolute atomic E-state index is 12.2. The molecule has 2 aromatic heterocycles. The highest BCUT2D eigenvalue weighted by Crippen LogP contribution is 2.18.